The molecular formula is C10H17O4P. The minimum atomic E-state index is -2.58. The Labute approximate surface area is 89.8 Å². The lowest BCUT2D eigenvalue weighted by molar-refractivity contribution is -0.153. The molecule has 0 bridgehead atoms. The highest BCUT2D eigenvalue weighted by Gasteiger charge is 2.47. The van der Waals surface area contributed by atoms with Gasteiger partial charge < -0.3 is 4.74 Å². The average Bonchev–Trinajstić information content (AvgIpc) is 2.42. The first-order chi connectivity index (χ1) is 6.97. The number of fused-ring (bicyclic) bond motifs is 1. The predicted molar refractivity (Wildman–Crippen MR) is 55.9 cm³/mol. The van der Waals surface area contributed by atoms with Crippen molar-refractivity contribution in [2.75, 3.05) is 13.3 Å². The van der Waals surface area contributed by atoms with Crippen LogP contribution in [0, 0.1) is 11.8 Å². The number of esters is 1. The summed E-state index contributed by atoms with van der Waals surface area (Å²) in [6, 6.07) is 0. The Morgan fingerprint density at radius 2 is 2.00 bits per heavy atom. The summed E-state index contributed by atoms with van der Waals surface area (Å²) in [6.45, 7) is 3.11. The molecule has 86 valence electrons. The Bertz CT molecular complexity index is 309. The molecule has 0 radical (unpaired) electrons. The van der Waals surface area contributed by atoms with Crippen molar-refractivity contribution in [1.29, 1.82) is 0 Å². The number of cyclic esters (lactones) is 1. The number of ether oxygens (including phenoxy) is 1. The van der Waals surface area contributed by atoms with Crippen LogP contribution in [0.4, 0.5) is 0 Å². The van der Waals surface area contributed by atoms with E-state index in [1.165, 1.54) is 0 Å². The van der Waals surface area contributed by atoms with Crippen molar-refractivity contribution in [3.8, 4) is 0 Å². The Kier molecular flexibility index (Phi) is 2.91. The first-order valence-electron chi connectivity index (χ1n) is 5.41. The molecule has 3 atom stereocenters. The van der Waals surface area contributed by atoms with Crippen LogP contribution in [0.15, 0.2) is 0 Å². The maximum Gasteiger partial charge on any atom is 0.311 e. The lowest BCUT2D eigenvalue weighted by atomic mass is 9.81. The van der Waals surface area contributed by atoms with E-state index in [2.05, 4.69) is 0 Å². The van der Waals surface area contributed by atoms with Crippen LogP contribution in [0.25, 0.3) is 0 Å². The molecule has 4 nitrogen and oxygen atoms in total. The fourth-order valence-corrected chi connectivity index (χ4v) is 3.12. The summed E-state index contributed by atoms with van der Waals surface area (Å²) in [5, 5.41) is 0. The highest BCUT2D eigenvalue weighted by molar-refractivity contribution is 7.57. The van der Waals surface area contributed by atoms with Crippen LogP contribution in [0.1, 0.15) is 25.7 Å². The second kappa shape index (κ2) is 3.91. The normalized spacial score (nSPS) is 36.1. The molecule has 1 heterocycles. The number of hydrogen-bond acceptors (Lipinski definition) is 4. The zero-order chi connectivity index (χ0) is 11.1. The van der Waals surface area contributed by atoms with Gasteiger partial charge >= 0.3 is 5.97 Å². The fraction of sp³-hybridized carbons (Fsp3) is 0.900. The topological polar surface area (TPSA) is 52.6 Å². The minimum absolute atomic E-state index is 0.0182. The van der Waals surface area contributed by atoms with Gasteiger partial charge in [-0.15, -0.1) is 0 Å². The van der Waals surface area contributed by atoms with Gasteiger partial charge in [-0.05, 0) is 12.8 Å². The fourth-order valence-electron chi connectivity index (χ4n) is 2.42. The summed E-state index contributed by atoms with van der Waals surface area (Å²) >= 11 is 0. The largest absolute Gasteiger partial charge is 0.435 e. The van der Waals surface area contributed by atoms with E-state index < -0.39 is 13.7 Å². The van der Waals surface area contributed by atoms with Gasteiger partial charge in [0.2, 0.25) is 6.29 Å². The number of rotatable bonds is 2. The molecule has 2 rings (SSSR count). The minimum Gasteiger partial charge on any atom is -0.435 e. The van der Waals surface area contributed by atoms with Gasteiger partial charge in [0.1, 0.15) is 0 Å². The molecule has 1 aliphatic carbocycles. The standard InChI is InChI=1S/C10H17O4P/c1-15(2,12)14-10-8-6-4-3-5-7(8)9(11)13-10/h7-8,10H,3-6H2,1-2H3. The van der Waals surface area contributed by atoms with E-state index in [1.807, 2.05) is 0 Å². The van der Waals surface area contributed by atoms with Crippen LogP contribution >= 0.6 is 7.37 Å². The third-order valence-electron chi connectivity index (χ3n) is 3.06. The van der Waals surface area contributed by atoms with Crippen molar-refractivity contribution >= 4 is 13.3 Å². The van der Waals surface area contributed by atoms with Crippen molar-refractivity contribution < 1.29 is 18.6 Å². The number of carbonyl (C=O) groups is 1. The van der Waals surface area contributed by atoms with Gasteiger partial charge in [-0.2, -0.15) is 0 Å². The second-order valence-corrected chi connectivity index (χ2v) is 7.43. The monoisotopic (exact) mass is 232 g/mol. The van der Waals surface area contributed by atoms with Crippen molar-refractivity contribution in [2.45, 2.75) is 32.0 Å². The van der Waals surface area contributed by atoms with Crippen LogP contribution in [-0.2, 0) is 18.6 Å². The Balaban J connectivity index is 2.08. The summed E-state index contributed by atoms with van der Waals surface area (Å²) in [7, 11) is -2.58. The maximum absolute atomic E-state index is 11.5. The van der Waals surface area contributed by atoms with E-state index in [4.69, 9.17) is 9.26 Å². The van der Waals surface area contributed by atoms with E-state index in [0.29, 0.717) is 0 Å². The lowest BCUT2D eigenvalue weighted by Crippen LogP contribution is -2.25. The SMILES string of the molecule is CP(C)(=O)OC1OC(=O)C2CCCCC12. The molecule has 5 heteroatoms. The van der Waals surface area contributed by atoms with Crippen molar-refractivity contribution in [3.05, 3.63) is 0 Å². The summed E-state index contributed by atoms with van der Waals surface area (Å²) in [5.41, 5.74) is 0. The zero-order valence-electron chi connectivity index (χ0n) is 9.14. The van der Waals surface area contributed by atoms with Gasteiger partial charge in [-0.3, -0.25) is 13.9 Å². The van der Waals surface area contributed by atoms with Crippen LogP contribution in [0.3, 0.4) is 0 Å². The molecule has 1 saturated heterocycles. The highest BCUT2D eigenvalue weighted by Crippen LogP contribution is 2.47. The van der Waals surface area contributed by atoms with Gasteiger partial charge in [0, 0.05) is 19.2 Å². The van der Waals surface area contributed by atoms with E-state index >= 15 is 0 Å². The molecular weight excluding hydrogens is 215 g/mol. The summed E-state index contributed by atoms with van der Waals surface area (Å²) in [4.78, 5) is 11.5. The average molecular weight is 232 g/mol. The third-order valence-corrected chi connectivity index (χ3v) is 3.78. The second-order valence-electron chi connectivity index (χ2n) is 4.72. The Morgan fingerprint density at radius 3 is 2.67 bits per heavy atom. The van der Waals surface area contributed by atoms with E-state index in [-0.39, 0.29) is 17.8 Å². The number of carbonyl (C=O) groups excluding carboxylic acids is 1. The first-order valence-corrected chi connectivity index (χ1v) is 7.93. The van der Waals surface area contributed by atoms with Gasteiger partial charge in [-0.25, -0.2) is 0 Å². The molecule has 15 heavy (non-hydrogen) atoms. The predicted octanol–water partition coefficient (Wildman–Crippen LogP) is 2.23. The van der Waals surface area contributed by atoms with Crippen LogP contribution in [-0.4, -0.2) is 25.6 Å². The molecule has 0 amide bonds. The summed E-state index contributed by atoms with van der Waals surface area (Å²) in [6.07, 6.45) is 3.46. The van der Waals surface area contributed by atoms with Crippen molar-refractivity contribution in [1.82, 2.24) is 0 Å². The van der Waals surface area contributed by atoms with Gasteiger partial charge in [0.15, 0.2) is 7.37 Å². The smallest absolute Gasteiger partial charge is 0.311 e. The van der Waals surface area contributed by atoms with Gasteiger partial charge in [0.25, 0.3) is 0 Å². The molecule has 0 aromatic rings. The maximum atomic E-state index is 11.5. The van der Waals surface area contributed by atoms with E-state index in [0.717, 1.165) is 25.7 Å². The van der Waals surface area contributed by atoms with Crippen LogP contribution in [0.5, 0.6) is 0 Å². The molecule has 3 unspecified atom stereocenters. The van der Waals surface area contributed by atoms with E-state index in [1.54, 1.807) is 13.3 Å². The molecule has 0 aromatic heterocycles. The molecule has 0 spiro atoms. The van der Waals surface area contributed by atoms with Crippen molar-refractivity contribution in [3.63, 3.8) is 0 Å². The third kappa shape index (κ3) is 2.43. The quantitative estimate of drug-likeness (QED) is 0.541. The molecule has 1 saturated carbocycles. The summed E-state index contributed by atoms with van der Waals surface area (Å²) in [5.74, 6) is -0.0621. The Morgan fingerprint density at radius 1 is 1.33 bits per heavy atom. The molecule has 1 aliphatic heterocycles. The molecule has 0 N–H and O–H groups in total. The van der Waals surface area contributed by atoms with Crippen LogP contribution < -0.4 is 0 Å². The van der Waals surface area contributed by atoms with Gasteiger partial charge in [0.05, 0.1) is 5.92 Å². The Hall–Kier alpha value is -0.340. The van der Waals surface area contributed by atoms with Crippen molar-refractivity contribution in [2.24, 2.45) is 11.8 Å². The van der Waals surface area contributed by atoms with E-state index in [9.17, 15) is 9.36 Å². The zero-order valence-corrected chi connectivity index (χ0v) is 10.0. The molecule has 2 aliphatic rings. The lowest BCUT2D eigenvalue weighted by Gasteiger charge is -2.25. The molecule has 2 fully saturated rings. The number of hydrogen-bond donors (Lipinski definition) is 0. The van der Waals surface area contributed by atoms with Crippen LogP contribution in [0.2, 0.25) is 0 Å². The molecule has 0 aromatic carbocycles. The highest BCUT2D eigenvalue weighted by atomic mass is 31.2. The van der Waals surface area contributed by atoms with Gasteiger partial charge in [-0.1, -0.05) is 12.8 Å². The first kappa shape index (κ1) is 11.2. The summed E-state index contributed by atoms with van der Waals surface area (Å²) < 4.78 is 22.0.